The number of rotatable bonds is 5. The maximum absolute atomic E-state index is 11.4. The average Bonchev–Trinajstić information content (AvgIpc) is 2.20. The third-order valence-corrected chi connectivity index (χ3v) is 2.97. The Morgan fingerprint density at radius 2 is 1.87 bits per heavy atom. The highest BCUT2D eigenvalue weighted by Gasteiger charge is 2.06. The molecule has 2 heteroatoms. The standard InChI is InChI=1S/C13H17BrO/c1-10(2)13(15)5-3-4-11-6-8-12(14)9-7-11/h6-10H,3-5H2,1-2H3. The van der Waals surface area contributed by atoms with E-state index in [9.17, 15) is 4.79 Å². The van der Waals surface area contributed by atoms with E-state index in [2.05, 4.69) is 28.1 Å². The van der Waals surface area contributed by atoms with E-state index in [-0.39, 0.29) is 5.92 Å². The van der Waals surface area contributed by atoms with E-state index in [0.717, 1.165) is 17.3 Å². The summed E-state index contributed by atoms with van der Waals surface area (Å²) in [5, 5.41) is 0. The van der Waals surface area contributed by atoms with E-state index >= 15 is 0 Å². The minimum absolute atomic E-state index is 0.176. The molecule has 0 bridgehead atoms. The fraction of sp³-hybridized carbons (Fsp3) is 0.462. The summed E-state index contributed by atoms with van der Waals surface area (Å²) in [6, 6.07) is 8.28. The van der Waals surface area contributed by atoms with Gasteiger partial charge in [-0.25, -0.2) is 0 Å². The Morgan fingerprint density at radius 1 is 1.27 bits per heavy atom. The number of carbonyl (C=O) groups is 1. The van der Waals surface area contributed by atoms with Gasteiger partial charge in [-0.15, -0.1) is 0 Å². The maximum Gasteiger partial charge on any atom is 0.135 e. The van der Waals surface area contributed by atoms with Gasteiger partial charge in [0.1, 0.15) is 5.78 Å². The number of ketones is 1. The van der Waals surface area contributed by atoms with Crippen LogP contribution in [-0.4, -0.2) is 5.78 Å². The topological polar surface area (TPSA) is 17.1 Å². The maximum atomic E-state index is 11.4. The number of halogens is 1. The van der Waals surface area contributed by atoms with Gasteiger partial charge in [0, 0.05) is 16.8 Å². The lowest BCUT2D eigenvalue weighted by atomic mass is 10.0. The van der Waals surface area contributed by atoms with Gasteiger partial charge in [0.15, 0.2) is 0 Å². The van der Waals surface area contributed by atoms with Crippen molar-refractivity contribution >= 4 is 21.7 Å². The van der Waals surface area contributed by atoms with Crippen LogP contribution in [0.3, 0.4) is 0 Å². The van der Waals surface area contributed by atoms with Gasteiger partial charge in [-0.3, -0.25) is 4.79 Å². The van der Waals surface area contributed by atoms with Crippen LogP contribution in [0.5, 0.6) is 0 Å². The van der Waals surface area contributed by atoms with Crippen LogP contribution >= 0.6 is 15.9 Å². The molecule has 0 atom stereocenters. The largest absolute Gasteiger partial charge is 0.299 e. The molecule has 0 spiro atoms. The number of hydrogen-bond donors (Lipinski definition) is 0. The Kier molecular flexibility index (Phi) is 5.03. The van der Waals surface area contributed by atoms with Crippen LogP contribution in [0.15, 0.2) is 28.7 Å². The molecule has 0 saturated heterocycles. The SMILES string of the molecule is CC(C)C(=O)CCCc1ccc(Br)cc1. The van der Waals surface area contributed by atoms with Gasteiger partial charge < -0.3 is 0 Å². The first-order valence-electron chi connectivity index (χ1n) is 5.36. The predicted molar refractivity (Wildman–Crippen MR) is 66.9 cm³/mol. The molecule has 1 rings (SSSR count). The smallest absolute Gasteiger partial charge is 0.135 e. The highest BCUT2D eigenvalue weighted by molar-refractivity contribution is 9.10. The van der Waals surface area contributed by atoms with Crippen LogP contribution in [-0.2, 0) is 11.2 Å². The van der Waals surface area contributed by atoms with Crippen molar-refractivity contribution in [2.75, 3.05) is 0 Å². The Bertz CT molecular complexity index is 314. The minimum Gasteiger partial charge on any atom is -0.299 e. The summed E-state index contributed by atoms with van der Waals surface area (Å²) >= 11 is 3.40. The lowest BCUT2D eigenvalue weighted by Crippen LogP contribution is -2.06. The molecule has 0 saturated carbocycles. The number of hydrogen-bond acceptors (Lipinski definition) is 1. The van der Waals surface area contributed by atoms with Crippen LogP contribution < -0.4 is 0 Å². The third-order valence-electron chi connectivity index (χ3n) is 2.45. The van der Waals surface area contributed by atoms with Crippen molar-refractivity contribution in [3.63, 3.8) is 0 Å². The van der Waals surface area contributed by atoms with Gasteiger partial charge >= 0.3 is 0 Å². The predicted octanol–water partition coefficient (Wildman–Crippen LogP) is 4.00. The van der Waals surface area contributed by atoms with E-state index in [4.69, 9.17) is 0 Å². The second-order valence-electron chi connectivity index (χ2n) is 4.10. The molecule has 0 aliphatic heterocycles. The fourth-order valence-electron chi connectivity index (χ4n) is 1.41. The molecule has 1 aromatic carbocycles. The summed E-state index contributed by atoms with van der Waals surface area (Å²) in [4.78, 5) is 11.4. The van der Waals surface area contributed by atoms with Crippen molar-refractivity contribution in [1.82, 2.24) is 0 Å². The summed E-state index contributed by atoms with van der Waals surface area (Å²) in [5.74, 6) is 0.544. The molecular formula is C13H17BrO. The summed E-state index contributed by atoms with van der Waals surface area (Å²) in [6.07, 6.45) is 2.65. The minimum atomic E-state index is 0.176. The van der Waals surface area contributed by atoms with Gasteiger partial charge in [-0.05, 0) is 30.5 Å². The molecule has 1 aromatic rings. The molecule has 0 unspecified atom stereocenters. The van der Waals surface area contributed by atoms with Crippen LogP contribution in [0.1, 0.15) is 32.3 Å². The van der Waals surface area contributed by atoms with E-state index in [1.54, 1.807) is 0 Å². The number of carbonyl (C=O) groups excluding carboxylic acids is 1. The van der Waals surface area contributed by atoms with Crippen molar-refractivity contribution < 1.29 is 4.79 Å². The highest BCUT2D eigenvalue weighted by Crippen LogP contribution is 2.13. The van der Waals surface area contributed by atoms with E-state index in [0.29, 0.717) is 12.2 Å². The molecule has 82 valence electrons. The molecule has 0 radical (unpaired) electrons. The number of benzene rings is 1. The van der Waals surface area contributed by atoms with Crippen LogP contribution in [0.25, 0.3) is 0 Å². The third kappa shape index (κ3) is 4.61. The Hall–Kier alpha value is -0.630. The summed E-state index contributed by atoms with van der Waals surface area (Å²) in [6.45, 7) is 3.92. The van der Waals surface area contributed by atoms with Gasteiger partial charge in [-0.2, -0.15) is 0 Å². The van der Waals surface area contributed by atoms with Crippen LogP contribution in [0.4, 0.5) is 0 Å². The zero-order chi connectivity index (χ0) is 11.3. The van der Waals surface area contributed by atoms with Crippen molar-refractivity contribution in [1.29, 1.82) is 0 Å². The molecule has 0 fully saturated rings. The molecule has 0 aromatic heterocycles. The van der Waals surface area contributed by atoms with Crippen molar-refractivity contribution in [3.05, 3.63) is 34.3 Å². The average molecular weight is 269 g/mol. The normalized spacial score (nSPS) is 10.7. The molecular weight excluding hydrogens is 252 g/mol. The fourth-order valence-corrected chi connectivity index (χ4v) is 1.67. The molecule has 0 amide bonds. The monoisotopic (exact) mass is 268 g/mol. The second kappa shape index (κ2) is 6.06. The van der Waals surface area contributed by atoms with Crippen molar-refractivity contribution in [2.24, 2.45) is 5.92 Å². The highest BCUT2D eigenvalue weighted by atomic mass is 79.9. The first-order valence-corrected chi connectivity index (χ1v) is 6.16. The molecule has 1 nitrogen and oxygen atoms in total. The first kappa shape index (κ1) is 12.4. The van der Waals surface area contributed by atoms with E-state index < -0.39 is 0 Å². The zero-order valence-electron chi connectivity index (χ0n) is 9.29. The van der Waals surface area contributed by atoms with Crippen molar-refractivity contribution in [3.8, 4) is 0 Å². The molecule has 15 heavy (non-hydrogen) atoms. The van der Waals surface area contributed by atoms with Gasteiger partial charge in [-0.1, -0.05) is 41.9 Å². The Morgan fingerprint density at radius 3 is 2.40 bits per heavy atom. The zero-order valence-corrected chi connectivity index (χ0v) is 10.9. The van der Waals surface area contributed by atoms with Gasteiger partial charge in [0.2, 0.25) is 0 Å². The summed E-state index contributed by atoms with van der Waals surface area (Å²) in [5.41, 5.74) is 1.30. The van der Waals surface area contributed by atoms with Gasteiger partial charge in [0.05, 0.1) is 0 Å². The van der Waals surface area contributed by atoms with Crippen LogP contribution in [0.2, 0.25) is 0 Å². The van der Waals surface area contributed by atoms with Crippen LogP contribution in [0, 0.1) is 5.92 Å². The lowest BCUT2D eigenvalue weighted by molar-refractivity contribution is -0.121. The quantitative estimate of drug-likeness (QED) is 0.789. The lowest BCUT2D eigenvalue weighted by Gasteiger charge is -2.04. The molecule has 0 aliphatic carbocycles. The Labute approximate surface area is 100 Å². The summed E-state index contributed by atoms with van der Waals surface area (Å²) in [7, 11) is 0. The number of Topliss-reactive ketones (excluding diaryl/α,β-unsaturated/α-hetero) is 1. The van der Waals surface area contributed by atoms with E-state index in [1.165, 1.54) is 5.56 Å². The Balaban J connectivity index is 2.32. The first-order chi connectivity index (χ1) is 7.09. The molecule has 0 aliphatic rings. The van der Waals surface area contributed by atoms with E-state index in [1.807, 2.05) is 26.0 Å². The molecule has 0 heterocycles. The number of aryl methyl sites for hydroxylation is 1. The summed E-state index contributed by atoms with van der Waals surface area (Å²) < 4.78 is 1.10. The van der Waals surface area contributed by atoms with Gasteiger partial charge in [0.25, 0.3) is 0 Å². The second-order valence-corrected chi connectivity index (χ2v) is 5.02. The van der Waals surface area contributed by atoms with Crippen molar-refractivity contribution in [2.45, 2.75) is 33.1 Å². The molecule has 0 N–H and O–H groups in total.